The predicted octanol–water partition coefficient (Wildman–Crippen LogP) is 4.00. The van der Waals surface area contributed by atoms with Gasteiger partial charge in [-0.15, -0.1) is 0 Å². The van der Waals surface area contributed by atoms with Gasteiger partial charge >= 0.3 is 11.9 Å². The topological polar surface area (TPSA) is 79.4 Å². The molecule has 6 nitrogen and oxygen atoms in total. The summed E-state index contributed by atoms with van der Waals surface area (Å²) in [6, 6.07) is 10.6. The zero-order chi connectivity index (χ0) is 20.2. The molecular weight excluding hydrogens is 383 g/mol. The minimum absolute atomic E-state index is 0.0609. The Bertz CT molecular complexity index is 1310. The van der Waals surface area contributed by atoms with Gasteiger partial charge in [-0.05, 0) is 55.3 Å². The summed E-state index contributed by atoms with van der Waals surface area (Å²) in [5.74, 6) is 0.495. The van der Waals surface area contributed by atoms with E-state index in [1.807, 2.05) is 0 Å². The van der Waals surface area contributed by atoms with Gasteiger partial charge in [-0.25, -0.2) is 14.8 Å². The van der Waals surface area contributed by atoms with Crippen LogP contribution in [-0.2, 0) is 6.42 Å². The first-order valence-corrected chi connectivity index (χ1v) is 8.93. The normalized spacial score (nSPS) is 14.1. The Hall–Kier alpha value is -3.62. The summed E-state index contributed by atoms with van der Waals surface area (Å²) >= 11 is 0. The highest BCUT2D eigenvalue weighted by molar-refractivity contribution is 5.73. The molecule has 29 heavy (non-hydrogen) atoms. The summed E-state index contributed by atoms with van der Waals surface area (Å²) in [5.41, 5.74) is 2.66. The molecule has 0 saturated heterocycles. The van der Waals surface area contributed by atoms with Crippen molar-refractivity contribution in [2.45, 2.75) is 19.0 Å². The molecule has 0 amide bonds. The molecule has 0 saturated carbocycles. The fourth-order valence-corrected chi connectivity index (χ4v) is 3.55. The number of halogens is 3. The van der Waals surface area contributed by atoms with Crippen LogP contribution in [0.15, 0.2) is 53.0 Å². The maximum absolute atomic E-state index is 12.9. The molecule has 2 N–H and O–H groups in total. The molecule has 5 rings (SSSR count). The summed E-state index contributed by atoms with van der Waals surface area (Å²) in [5, 5.41) is 0. The fraction of sp³-hybridized carbons (Fsp3) is 0.150. The van der Waals surface area contributed by atoms with Crippen molar-refractivity contribution < 1.29 is 13.2 Å². The van der Waals surface area contributed by atoms with E-state index in [-0.39, 0.29) is 18.5 Å². The number of hydrogen-bond donors (Lipinski definition) is 2. The highest BCUT2D eigenvalue weighted by atomic mass is 19.4. The van der Waals surface area contributed by atoms with Gasteiger partial charge in [0.15, 0.2) is 5.65 Å². The number of benzene rings is 1. The lowest BCUT2D eigenvalue weighted by Gasteiger charge is -2.14. The van der Waals surface area contributed by atoms with Crippen LogP contribution in [0.2, 0.25) is 0 Å². The Balaban J connectivity index is 1.51. The van der Waals surface area contributed by atoms with Crippen molar-refractivity contribution in [3.8, 4) is 17.1 Å². The quantitative estimate of drug-likeness (QED) is 0.537. The minimum atomic E-state index is -4.33. The highest BCUT2D eigenvalue weighted by Gasteiger charge is 2.35. The number of alkyl halides is 3. The highest BCUT2D eigenvalue weighted by Crippen LogP contribution is 2.35. The number of aromatic amines is 2. The van der Waals surface area contributed by atoms with Gasteiger partial charge in [-0.2, -0.15) is 13.2 Å². The molecule has 0 radical (unpaired) electrons. The van der Waals surface area contributed by atoms with Crippen LogP contribution in [0.3, 0.4) is 0 Å². The van der Waals surface area contributed by atoms with Crippen LogP contribution in [0.25, 0.3) is 34.3 Å². The summed E-state index contributed by atoms with van der Waals surface area (Å²) in [7, 11) is 0. The molecule has 0 unspecified atom stereocenters. The molecule has 3 heterocycles. The number of rotatable bonds is 2. The first-order valence-electron chi connectivity index (χ1n) is 8.93. The van der Waals surface area contributed by atoms with Crippen LogP contribution in [0.5, 0.6) is 0 Å². The molecule has 1 aliphatic carbocycles. The Morgan fingerprint density at radius 3 is 2.59 bits per heavy atom. The Labute approximate surface area is 161 Å². The molecule has 0 atom stereocenters. The summed E-state index contributed by atoms with van der Waals surface area (Å²) < 4.78 is 40.4. The third-order valence-electron chi connectivity index (χ3n) is 4.98. The van der Waals surface area contributed by atoms with Crippen LogP contribution in [0.1, 0.15) is 17.8 Å². The second kappa shape index (κ2) is 6.20. The van der Waals surface area contributed by atoms with Gasteiger partial charge < -0.3 is 4.98 Å². The van der Waals surface area contributed by atoms with E-state index >= 15 is 0 Å². The summed E-state index contributed by atoms with van der Waals surface area (Å²) in [4.78, 5) is 26.6. The number of fused-ring (bicyclic) bond motifs is 2. The van der Waals surface area contributed by atoms with E-state index in [1.54, 1.807) is 42.6 Å². The average molecular weight is 397 g/mol. The zero-order valence-electron chi connectivity index (χ0n) is 14.9. The van der Waals surface area contributed by atoms with E-state index in [1.165, 1.54) is 4.57 Å². The number of hydrogen-bond acceptors (Lipinski definition) is 3. The van der Waals surface area contributed by atoms with E-state index in [9.17, 15) is 18.0 Å². The van der Waals surface area contributed by atoms with Crippen molar-refractivity contribution in [3.63, 3.8) is 0 Å². The first-order chi connectivity index (χ1) is 13.9. The van der Waals surface area contributed by atoms with Crippen LogP contribution in [0, 0.1) is 0 Å². The van der Waals surface area contributed by atoms with E-state index < -0.39 is 11.7 Å². The number of allylic oxidation sites excluding steroid dienone is 1. The van der Waals surface area contributed by atoms with E-state index in [0.717, 1.165) is 11.6 Å². The van der Waals surface area contributed by atoms with Gasteiger partial charge in [0.2, 0.25) is 0 Å². The lowest BCUT2D eigenvalue weighted by Crippen LogP contribution is -2.15. The Kier molecular flexibility index (Phi) is 3.73. The minimum Gasteiger partial charge on any atom is -0.341 e. The van der Waals surface area contributed by atoms with Gasteiger partial charge in [-0.1, -0.05) is 0 Å². The lowest BCUT2D eigenvalue weighted by molar-refractivity contribution is -0.0931. The number of H-pyrrole nitrogens is 2. The summed E-state index contributed by atoms with van der Waals surface area (Å²) in [6.45, 7) is 0. The molecule has 0 spiro atoms. The average Bonchev–Trinajstić information content (AvgIpc) is 3.27. The van der Waals surface area contributed by atoms with Crippen molar-refractivity contribution in [2.75, 3.05) is 0 Å². The maximum atomic E-state index is 12.9. The SMILES string of the molecule is O=c1[nH]c2ncccc2n1-c1ccc(-c2nc3c([nH]2)CCC(C(F)(F)F)=C3)cc1. The number of nitrogens with zero attached hydrogens (tertiary/aromatic N) is 3. The monoisotopic (exact) mass is 397 g/mol. The van der Waals surface area contributed by atoms with Crippen molar-refractivity contribution in [1.82, 2.24) is 24.5 Å². The number of imidazole rings is 2. The number of aryl methyl sites for hydroxylation is 1. The smallest absolute Gasteiger partial charge is 0.341 e. The molecular formula is C20H14F3N5O. The van der Waals surface area contributed by atoms with Gasteiger partial charge in [0, 0.05) is 23.0 Å². The first kappa shape index (κ1) is 17.5. The molecule has 1 aromatic carbocycles. The van der Waals surface area contributed by atoms with E-state index in [0.29, 0.717) is 34.1 Å². The zero-order valence-corrected chi connectivity index (χ0v) is 14.9. The van der Waals surface area contributed by atoms with Crippen LogP contribution in [0.4, 0.5) is 13.2 Å². The Morgan fingerprint density at radius 1 is 1.03 bits per heavy atom. The second-order valence-electron chi connectivity index (χ2n) is 6.80. The van der Waals surface area contributed by atoms with Crippen LogP contribution >= 0.6 is 0 Å². The van der Waals surface area contributed by atoms with Crippen molar-refractivity contribution in [3.05, 3.63) is 70.0 Å². The molecule has 0 fully saturated rings. The lowest BCUT2D eigenvalue weighted by atomic mass is 10.00. The van der Waals surface area contributed by atoms with Crippen molar-refractivity contribution >= 4 is 17.2 Å². The van der Waals surface area contributed by atoms with Gasteiger partial charge in [0.1, 0.15) is 5.82 Å². The number of aromatic nitrogens is 5. The van der Waals surface area contributed by atoms with Gasteiger partial charge in [0.25, 0.3) is 0 Å². The van der Waals surface area contributed by atoms with Gasteiger partial charge in [-0.3, -0.25) is 9.55 Å². The molecule has 0 bridgehead atoms. The third kappa shape index (κ3) is 2.95. The number of pyridine rings is 1. The van der Waals surface area contributed by atoms with E-state index in [4.69, 9.17) is 0 Å². The molecule has 1 aliphatic rings. The molecule has 9 heteroatoms. The van der Waals surface area contributed by atoms with Crippen molar-refractivity contribution in [2.24, 2.45) is 0 Å². The van der Waals surface area contributed by atoms with Crippen molar-refractivity contribution in [1.29, 1.82) is 0 Å². The second-order valence-corrected chi connectivity index (χ2v) is 6.80. The molecule has 4 aromatic rings. The fourth-order valence-electron chi connectivity index (χ4n) is 3.55. The van der Waals surface area contributed by atoms with Gasteiger partial charge in [0.05, 0.1) is 16.9 Å². The predicted molar refractivity (Wildman–Crippen MR) is 102 cm³/mol. The molecule has 0 aliphatic heterocycles. The largest absolute Gasteiger partial charge is 0.412 e. The number of nitrogens with one attached hydrogen (secondary N) is 2. The van der Waals surface area contributed by atoms with E-state index in [2.05, 4.69) is 19.9 Å². The third-order valence-corrected chi connectivity index (χ3v) is 4.98. The standard InChI is InChI=1S/C20H14F3N5O/c21-20(22,23)12-5-8-14-15(10-12)26-17(25-14)11-3-6-13(7-4-11)28-16-2-1-9-24-18(16)27-19(28)29/h1-4,6-7,9-10H,5,8H2,(H,25,26)(H,24,27,29). The molecule has 146 valence electrons. The Morgan fingerprint density at radius 2 is 1.83 bits per heavy atom. The van der Waals surface area contributed by atoms with Crippen LogP contribution < -0.4 is 5.69 Å². The maximum Gasteiger partial charge on any atom is 0.412 e. The summed E-state index contributed by atoms with van der Waals surface area (Å²) in [6.07, 6.45) is -1.42. The molecule has 3 aromatic heterocycles. The van der Waals surface area contributed by atoms with Crippen LogP contribution in [-0.4, -0.2) is 30.7 Å².